The number of hydrogen-bond acceptors (Lipinski definition) is 4. The summed E-state index contributed by atoms with van der Waals surface area (Å²) in [5.41, 5.74) is 2.41. The van der Waals surface area contributed by atoms with Gasteiger partial charge in [0.1, 0.15) is 4.70 Å². The van der Waals surface area contributed by atoms with Crippen molar-refractivity contribution in [3.8, 4) is 0 Å². The monoisotopic (exact) mass is 326 g/mol. The number of benzene rings is 1. The van der Waals surface area contributed by atoms with E-state index in [-0.39, 0.29) is 11.2 Å². The first kappa shape index (κ1) is 14.0. The topological polar surface area (TPSA) is 61.3 Å². The number of nitrogens with zero attached hydrogens (tertiary/aromatic N) is 4. The fourth-order valence-electron chi connectivity index (χ4n) is 2.68. The molecule has 0 aliphatic carbocycles. The minimum Gasteiger partial charge on any atom is -0.279 e. The third-order valence-corrected chi connectivity index (χ3v) is 4.85. The molecule has 0 unspecified atom stereocenters. The molecule has 0 aliphatic rings. The van der Waals surface area contributed by atoms with E-state index in [2.05, 4.69) is 5.10 Å². The van der Waals surface area contributed by atoms with E-state index in [4.69, 9.17) is 0 Å². The Balaban J connectivity index is 1.97. The Morgan fingerprint density at radius 1 is 1.13 bits per heavy atom. The van der Waals surface area contributed by atoms with Crippen molar-refractivity contribution >= 4 is 27.3 Å². The summed E-state index contributed by atoms with van der Waals surface area (Å²) < 4.78 is 4.89. The van der Waals surface area contributed by atoms with Crippen LogP contribution in [0.5, 0.6) is 0 Å². The zero-order chi connectivity index (χ0) is 16.1. The molecular formula is C16H14N4O2S. The molecule has 0 bridgehead atoms. The summed E-state index contributed by atoms with van der Waals surface area (Å²) in [6.45, 7) is 2.39. The minimum absolute atomic E-state index is 0.130. The van der Waals surface area contributed by atoms with Crippen molar-refractivity contribution in [2.45, 2.75) is 13.5 Å². The van der Waals surface area contributed by atoms with E-state index in [1.165, 1.54) is 30.5 Å². The van der Waals surface area contributed by atoms with Crippen molar-refractivity contribution in [3.05, 3.63) is 67.7 Å². The molecule has 4 rings (SSSR count). The lowest BCUT2D eigenvalue weighted by Crippen LogP contribution is -2.24. The smallest absolute Gasteiger partial charge is 0.279 e. The minimum atomic E-state index is -0.237. The molecule has 6 nitrogen and oxygen atoms in total. The van der Waals surface area contributed by atoms with Crippen LogP contribution >= 0.6 is 11.3 Å². The van der Waals surface area contributed by atoms with Gasteiger partial charge in [0.05, 0.1) is 12.1 Å². The van der Waals surface area contributed by atoms with E-state index in [9.17, 15) is 9.59 Å². The molecule has 3 aromatic heterocycles. The van der Waals surface area contributed by atoms with Crippen LogP contribution < -0.4 is 11.2 Å². The second-order valence-corrected chi connectivity index (χ2v) is 6.48. The number of rotatable bonds is 2. The lowest BCUT2D eigenvalue weighted by atomic mass is 10.1. The predicted octanol–water partition coefficient (Wildman–Crippen LogP) is 1.77. The quantitative estimate of drug-likeness (QED) is 0.564. The molecule has 23 heavy (non-hydrogen) atoms. The first-order valence-corrected chi connectivity index (χ1v) is 8.05. The second kappa shape index (κ2) is 4.92. The van der Waals surface area contributed by atoms with Crippen LogP contribution in [-0.2, 0) is 13.6 Å². The number of aryl methyl sites for hydroxylation is 2. The van der Waals surface area contributed by atoms with Gasteiger partial charge in [-0.25, -0.2) is 13.9 Å². The fraction of sp³-hybridized carbons (Fsp3) is 0.188. The average molecular weight is 326 g/mol. The molecule has 0 atom stereocenters. The van der Waals surface area contributed by atoms with E-state index in [0.717, 1.165) is 5.56 Å². The molecule has 0 spiro atoms. The summed E-state index contributed by atoms with van der Waals surface area (Å²) in [6, 6.07) is 9.75. The lowest BCUT2D eigenvalue weighted by Gasteiger charge is -2.00. The molecular weight excluding hydrogens is 312 g/mol. The zero-order valence-electron chi connectivity index (χ0n) is 12.7. The van der Waals surface area contributed by atoms with E-state index in [1.54, 1.807) is 13.1 Å². The standard InChI is InChI=1S/C16H14N4O2S/c1-10-3-5-11(6-4-10)9-19-16(22)20-12-7-8-23-13(12)14(21)18(2)15(20)17-19/h3-8H,9H2,1-2H3. The van der Waals surface area contributed by atoms with Gasteiger partial charge in [0, 0.05) is 7.05 Å². The van der Waals surface area contributed by atoms with Gasteiger partial charge in [0.2, 0.25) is 5.78 Å². The average Bonchev–Trinajstić information content (AvgIpc) is 3.13. The highest BCUT2D eigenvalue weighted by Crippen LogP contribution is 2.16. The van der Waals surface area contributed by atoms with Gasteiger partial charge in [-0.2, -0.15) is 0 Å². The first-order chi connectivity index (χ1) is 11.1. The Labute approximate surface area is 134 Å². The van der Waals surface area contributed by atoms with Crippen molar-refractivity contribution in [1.82, 2.24) is 18.7 Å². The number of aromatic nitrogens is 4. The molecule has 7 heteroatoms. The third-order valence-electron chi connectivity index (χ3n) is 3.96. The van der Waals surface area contributed by atoms with Gasteiger partial charge in [0.25, 0.3) is 5.56 Å². The molecule has 0 amide bonds. The first-order valence-electron chi connectivity index (χ1n) is 7.17. The van der Waals surface area contributed by atoms with Crippen LogP contribution in [0, 0.1) is 6.92 Å². The molecule has 0 aliphatic heterocycles. The summed E-state index contributed by atoms with van der Waals surface area (Å²) >= 11 is 1.34. The molecule has 4 aromatic rings. The van der Waals surface area contributed by atoms with Gasteiger partial charge in [-0.1, -0.05) is 29.8 Å². The van der Waals surface area contributed by atoms with E-state index < -0.39 is 0 Å². The van der Waals surface area contributed by atoms with Crippen LogP contribution in [0.2, 0.25) is 0 Å². The highest BCUT2D eigenvalue weighted by molar-refractivity contribution is 7.17. The molecule has 0 saturated heterocycles. The largest absolute Gasteiger partial charge is 0.352 e. The summed E-state index contributed by atoms with van der Waals surface area (Å²) in [5.74, 6) is 0.359. The number of fused-ring (bicyclic) bond motifs is 3. The fourth-order valence-corrected chi connectivity index (χ4v) is 3.53. The summed E-state index contributed by atoms with van der Waals surface area (Å²) in [7, 11) is 1.64. The normalized spacial score (nSPS) is 11.6. The maximum atomic E-state index is 12.7. The van der Waals surface area contributed by atoms with Crippen molar-refractivity contribution in [3.63, 3.8) is 0 Å². The van der Waals surface area contributed by atoms with Gasteiger partial charge in [0.15, 0.2) is 0 Å². The highest BCUT2D eigenvalue weighted by Gasteiger charge is 2.16. The Morgan fingerprint density at radius 3 is 2.61 bits per heavy atom. The Kier molecular flexibility index (Phi) is 2.99. The zero-order valence-corrected chi connectivity index (χ0v) is 13.5. The van der Waals surface area contributed by atoms with Crippen LogP contribution in [0.15, 0.2) is 45.3 Å². The maximum Gasteiger partial charge on any atom is 0.352 e. The van der Waals surface area contributed by atoms with Crippen molar-refractivity contribution in [1.29, 1.82) is 0 Å². The predicted molar refractivity (Wildman–Crippen MR) is 90.4 cm³/mol. The van der Waals surface area contributed by atoms with Gasteiger partial charge in [-0.15, -0.1) is 16.4 Å². The van der Waals surface area contributed by atoms with Crippen molar-refractivity contribution in [2.24, 2.45) is 7.05 Å². The number of thiophene rings is 1. The maximum absolute atomic E-state index is 12.7. The Hall–Kier alpha value is -2.67. The third kappa shape index (κ3) is 2.04. The number of hydrogen-bond donors (Lipinski definition) is 0. The summed E-state index contributed by atoms with van der Waals surface area (Å²) in [4.78, 5) is 25.1. The summed E-state index contributed by atoms with van der Waals surface area (Å²) in [5, 5.41) is 6.17. The Bertz CT molecular complexity index is 1150. The summed E-state index contributed by atoms with van der Waals surface area (Å²) in [6.07, 6.45) is 0. The van der Waals surface area contributed by atoms with Gasteiger partial charge in [-0.3, -0.25) is 9.36 Å². The van der Waals surface area contributed by atoms with Crippen LogP contribution in [0.3, 0.4) is 0 Å². The molecule has 1 aromatic carbocycles. The van der Waals surface area contributed by atoms with E-state index in [1.807, 2.05) is 36.6 Å². The SMILES string of the molecule is Cc1ccc(Cn2nc3n(C)c(=O)c4sccc4n3c2=O)cc1. The lowest BCUT2D eigenvalue weighted by molar-refractivity contribution is 0.657. The van der Waals surface area contributed by atoms with Crippen molar-refractivity contribution in [2.75, 3.05) is 0 Å². The Morgan fingerprint density at radius 2 is 1.87 bits per heavy atom. The van der Waals surface area contributed by atoms with Crippen molar-refractivity contribution < 1.29 is 0 Å². The molecule has 3 heterocycles. The van der Waals surface area contributed by atoms with Crippen LogP contribution in [0.4, 0.5) is 0 Å². The van der Waals surface area contributed by atoms with Gasteiger partial charge < -0.3 is 0 Å². The van der Waals surface area contributed by atoms with Gasteiger partial charge >= 0.3 is 5.69 Å². The molecule has 0 N–H and O–H groups in total. The molecule has 0 fully saturated rings. The van der Waals surface area contributed by atoms with Crippen LogP contribution in [0.1, 0.15) is 11.1 Å². The van der Waals surface area contributed by atoms with E-state index in [0.29, 0.717) is 22.5 Å². The second-order valence-electron chi connectivity index (χ2n) is 5.56. The van der Waals surface area contributed by atoms with Gasteiger partial charge in [-0.05, 0) is 23.9 Å². The van der Waals surface area contributed by atoms with E-state index >= 15 is 0 Å². The van der Waals surface area contributed by atoms with Crippen LogP contribution in [-0.4, -0.2) is 18.7 Å². The molecule has 116 valence electrons. The highest BCUT2D eigenvalue weighted by atomic mass is 32.1. The molecule has 0 saturated carbocycles. The van der Waals surface area contributed by atoms with Crippen LogP contribution in [0.25, 0.3) is 16.0 Å². The molecule has 0 radical (unpaired) electrons.